The number of aryl methyl sites for hydroxylation is 1. The highest BCUT2D eigenvalue weighted by atomic mass is 35.5. The highest BCUT2D eigenvalue weighted by molar-refractivity contribution is 6.30. The molecule has 0 spiro atoms. The van der Waals surface area contributed by atoms with Crippen molar-refractivity contribution in [1.82, 2.24) is 19.7 Å². The van der Waals surface area contributed by atoms with Crippen molar-refractivity contribution in [2.24, 2.45) is 7.05 Å². The summed E-state index contributed by atoms with van der Waals surface area (Å²) >= 11 is 6.03. The fourth-order valence-corrected chi connectivity index (χ4v) is 7.67. The maximum absolute atomic E-state index is 15.7. The first kappa shape index (κ1) is 34.9. The van der Waals surface area contributed by atoms with Gasteiger partial charge in [-0.3, -0.25) is 9.58 Å². The number of benzene rings is 4. The zero-order valence-corrected chi connectivity index (χ0v) is 30.3. The highest BCUT2D eigenvalue weighted by Gasteiger charge is 2.48. The Balaban J connectivity index is 1.01. The number of pyridine rings is 1. The van der Waals surface area contributed by atoms with E-state index in [-0.39, 0.29) is 6.54 Å². The number of aromatic nitrogens is 3. The van der Waals surface area contributed by atoms with E-state index >= 15 is 8.78 Å². The van der Waals surface area contributed by atoms with Crippen LogP contribution in [0.3, 0.4) is 0 Å². The van der Waals surface area contributed by atoms with Gasteiger partial charge in [0, 0.05) is 61.9 Å². The van der Waals surface area contributed by atoms with Gasteiger partial charge in [0.15, 0.2) is 0 Å². The number of halogens is 3. The number of nitrogens with zero attached hydrogens (tertiary/aromatic N) is 6. The van der Waals surface area contributed by atoms with E-state index in [2.05, 4.69) is 17.0 Å². The number of hydrogen-bond donors (Lipinski definition) is 0. The second-order valence-corrected chi connectivity index (χ2v) is 14.1. The lowest BCUT2D eigenvalue weighted by atomic mass is 9.97. The molecule has 8 nitrogen and oxygen atoms in total. The molecule has 8 rings (SSSR count). The second-order valence-electron chi connectivity index (χ2n) is 13.7. The highest BCUT2D eigenvalue weighted by Crippen LogP contribution is 2.39. The predicted molar refractivity (Wildman–Crippen MR) is 206 cm³/mol. The summed E-state index contributed by atoms with van der Waals surface area (Å²) in [7, 11) is 1.94. The number of ether oxygens (including phenoxy) is 2. The Kier molecular flexibility index (Phi) is 9.90. The summed E-state index contributed by atoms with van der Waals surface area (Å²) in [5.41, 5.74) is 6.34. The van der Waals surface area contributed by atoms with Crippen molar-refractivity contribution < 1.29 is 18.3 Å². The molecule has 53 heavy (non-hydrogen) atoms. The number of piperazine rings is 1. The van der Waals surface area contributed by atoms with Gasteiger partial charge in [-0.2, -0.15) is 10.1 Å². The van der Waals surface area contributed by atoms with Crippen LogP contribution in [-0.4, -0.2) is 70.9 Å². The molecule has 0 saturated carbocycles. The Morgan fingerprint density at radius 2 is 1.42 bits per heavy atom. The molecule has 2 saturated heterocycles. The molecule has 2 fully saturated rings. The molecule has 4 heterocycles. The Bertz CT molecular complexity index is 2160. The molecule has 0 unspecified atom stereocenters. The van der Waals surface area contributed by atoms with Crippen molar-refractivity contribution in [1.29, 1.82) is 0 Å². The number of anilines is 2. The van der Waals surface area contributed by atoms with E-state index in [0.29, 0.717) is 69.1 Å². The van der Waals surface area contributed by atoms with Crippen molar-refractivity contribution >= 4 is 33.9 Å². The summed E-state index contributed by atoms with van der Waals surface area (Å²) in [4.78, 5) is 10.9. The minimum atomic E-state index is -2.84. The molecule has 1 atom stereocenters. The van der Waals surface area contributed by atoms with Gasteiger partial charge in [-0.1, -0.05) is 84.4 Å². The molecule has 0 N–H and O–H groups in total. The molecule has 0 aliphatic carbocycles. The third-order valence-electron chi connectivity index (χ3n) is 10.2. The molecule has 2 aliphatic rings. The zero-order valence-electron chi connectivity index (χ0n) is 29.5. The monoisotopic (exact) mass is 734 g/mol. The van der Waals surface area contributed by atoms with E-state index in [0.717, 1.165) is 44.7 Å². The maximum Gasteiger partial charge on any atom is 0.280 e. The number of fused-ring (bicyclic) bond motifs is 1. The van der Waals surface area contributed by atoms with Crippen molar-refractivity contribution in [3.05, 3.63) is 131 Å². The lowest BCUT2D eigenvalue weighted by Gasteiger charge is -2.47. The van der Waals surface area contributed by atoms with Crippen LogP contribution < -0.4 is 19.3 Å². The smallest absolute Gasteiger partial charge is 0.280 e. The molecule has 4 aromatic carbocycles. The molecule has 11 heteroatoms. The van der Waals surface area contributed by atoms with Crippen molar-refractivity contribution in [3.8, 4) is 23.0 Å². The summed E-state index contributed by atoms with van der Waals surface area (Å²) in [5, 5.41) is 6.56. The number of rotatable bonds is 10. The Hall–Kier alpha value is -5.19. The van der Waals surface area contributed by atoms with Gasteiger partial charge >= 0.3 is 0 Å². The molecule has 0 radical (unpaired) electrons. The Morgan fingerprint density at radius 1 is 0.736 bits per heavy atom. The quantitative estimate of drug-likeness (QED) is 0.140. The van der Waals surface area contributed by atoms with E-state index in [1.165, 1.54) is 0 Å². The van der Waals surface area contributed by atoms with Crippen LogP contribution in [0.4, 0.5) is 20.2 Å². The zero-order chi connectivity index (χ0) is 36.4. The average molecular weight is 735 g/mol. The van der Waals surface area contributed by atoms with Gasteiger partial charge in [0.05, 0.1) is 29.4 Å². The van der Waals surface area contributed by atoms with Gasteiger partial charge in [-0.05, 0) is 53.9 Å². The lowest BCUT2D eigenvalue weighted by molar-refractivity contribution is -0.0891. The molecule has 2 aliphatic heterocycles. The molecule has 2 aromatic heterocycles. The summed E-state index contributed by atoms with van der Waals surface area (Å²) in [6.07, 6.45) is 0.398. The van der Waals surface area contributed by atoms with E-state index in [4.69, 9.17) is 31.2 Å². The van der Waals surface area contributed by atoms with Gasteiger partial charge in [0.1, 0.15) is 18.9 Å². The minimum Gasteiger partial charge on any atom is -0.473 e. The molecule has 0 bridgehead atoms. The van der Waals surface area contributed by atoms with Crippen molar-refractivity contribution in [2.75, 3.05) is 49.1 Å². The standard InChI is InChI=1S/C42H41ClF2N6O2/c1-48-40-34(39(47-48)35-19-20-38(52-27-30-9-4-2-5-10-30)46-41(35)53-28-31-11-6-3-7-12-31)13-8-14-36(40)49-23-25-50(26-24-49)37-21-22-51(29-42(37,44)45)33-17-15-32(43)16-18-33/h2-20,37H,21-29H2,1H3/t37-/m0/s1. The predicted octanol–water partition coefficient (Wildman–Crippen LogP) is 8.48. The SMILES string of the molecule is Cn1nc(-c2ccc(OCc3ccccc3)nc2OCc2ccccc2)c2cccc(N3CCN([C@H]4CCN(c5ccc(Cl)cc5)CC4(F)F)CC3)c21. The van der Waals surface area contributed by atoms with Gasteiger partial charge in [0.25, 0.3) is 5.92 Å². The van der Waals surface area contributed by atoms with Crippen molar-refractivity contribution in [2.45, 2.75) is 31.6 Å². The van der Waals surface area contributed by atoms with Crippen LogP contribution >= 0.6 is 11.6 Å². The summed E-state index contributed by atoms with van der Waals surface area (Å²) in [5.74, 6) is -1.95. The second kappa shape index (κ2) is 15.0. The van der Waals surface area contributed by atoms with Gasteiger partial charge in [0.2, 0.25) is 11.8 Å². The first-order valence-corrected chi connectivity index (χ1v) is 18.4. The van der Waals surface area contributed by atoms with Gasteiger partial charge < -0.3 is 19.3 Å². The topological polar surface area (TPSA) is 58.9 Å². The fraction of sp³-hybridized carbons (Fsp3) is 0.286. The Labute approximate surface area is 313 Å². The molecular weight excluding hydrogens is 694 g/mol. The first-order chi connectivity index (χ1) is 25.8. The Morgan fingerprint density at radius 3 is 2.09 bits per heavy atom. The van der Waals surface area contributed by atoms with Crippen LogP contribution in [0.15, 0.2) is 115 Å². The van der Waals surface area contributed by atoms with Crippen LogP contribution in [0.2, 0.25) is 5.02 Å². The number of para-hydroxylation sites is 1. The third kappa shape index (κ3) is 7.52. The fourth-order valence-electron chi connectivity index (χ4n) is 7.55. The maximum atomic E-state index is 15.7. The summed E-state index contributed by atoms with van der Waals surface area (Å²) in [6, 6.07) is 36.3. The van der Waals surface area contributed by atoms with Crippen LogP contribution in [0.5, 0.6) is 11.8 Å². The van der Waals surface area contributed by atoms with Crippen LogP contribution in [0.25, 0.3) is 22.2 Å². The number of piperidine rings is 1. The van der Waals surface area contributed by atoms with E-state index in [9.17, 15) is 0 Å². The van der Waals surface area contributed by atoms with Crippen LogP contribution in [-0.2, 0) is 20.3 Å². The number of alkyl halides is 2. The lowest BCUT2D eigenvalue weighted by Crippen LogP contribution is -2.62. The number of hydrogen-bond acceptors (Lipinski definition) is 7. The van der Waals surface area contributed by atoms with Crippen LogP contribution in [0, 0.1) is 0 Å². The normalized spacial score (nSPS) is 17.6. The van der Waals surface area contributed by atoms with Crippen LogP contribution in [0.1, 0.15) is 17.5 Å². The van der Waals surface area contributed by atoms with Gasteiger partial charge in [-0.25, -0.2) is 8.78 Å². The first-order valence-electron chi connectivity index (χ1n) is 18.0. The van der Waals surface area contributed by atoms with E-state index in [1.807, 2.05) is 108 Å². The van der Waals surface area contributed by atoms with Gasteiger partial charge in [-0.15, -0.1) is 0 Å². The molecule has 272 valence electrons. The molecule has 0 amide bonds. The van der Waals surface area contributed by atoms with E-state index < -0.39 is 12.0 Å². The van der Waals surface area contributed by atoms with Crippen molar-refractivity contribution in [3.63, 3.8) is 0 Å². The largest absolute Gasteiger partial charge is 0.473 e. The van der Waals surface area contributed by atoms with E-state index in [1.54, 1.807) is 17.0 Å². The molecular formula is C42H41ClF2N6O2. The molecule has 6 aromatic rings. The summed E-state index contributed by atoms with van der Waals surface area (Å²) in [6.45, 7) is 3.36. The minimum absolute atomic E-state index is 0.303. The average Bonchev–Trinajstić information content (AvgIpc) is 3.53. The summed E-state index contributed by atoms with van der Waals surface area (Å²) < 4.78 is 45.7. The third-order valence-corrected chi connectivity index (χ3v) is 10.5.